The van der Waals surface area contributed by atoms with Crippen LogP contribution < -0.4 is 14.8 Å². The van der Waals surface area contributed by atoms with E-state index in [2.05, 4.69) is 10.1 Å². The van der Waals surface area contributed by atoms with Gasteiger partial charge in [-0.3, -0.25) is 4.79 Å². The van der Waals surface area contributed by atoms with Crippen molar-refractivity contribution in [3.8, 4) is 11.5 Å². The highest BCUT2D eigenvalue weighted by molar-refractivity contribution is 6.32. The number of amides is 1. The lowest BCUT2D eigenvalue weighted by atomic mass is 10.2. The number of anilines is 1. The minimum atomic E-state index is -2.96. The Balaban J connectivity index is 1.86. The van der Waals surface area contributed by atoms with Crippen molar-refractivity contribution in [2.75, 3.05) is 19.0 Å². The summed E-state index contributed by atoms with van der Waals surface area (Å²) in [7, 11) is 1.46. The molecule has 0 radical (unpaired) electrons. The van der Waals surface area contributed by atoms with Gasteiger partial charge in [0.25, 0.3) is 5.91 Å². The van der Waals surface area contributed by atoms with Crippen molar-refractivity contribution in [1.29, 1.82) is 0 Å². The lowest BCUT2D eigenvalue weighted by molar-refractivity contribution is -0.119. The number of methoxy groups -OCH3 is 1. The molecule has 138 valence electrons. The van der Waals surface area contributed by atoms with Gasteiger partial charge >= 0.3 is 12.6 Å². The summed E-state index contributed by atoms with van der Waals surface area (Å²) in [5, 5.41) is 2.83. The molecule has 0 spiro atoms. The molecule has 0 atom stereocenters. The normalized spacial score (nSPS) is 10.3. The van der Waals surface area contributed by atoms with Gasteiger partial charge in [0.15, 0.2) is 6.61 Å². The number of carbonyl (C=O) groups is 2. The minimum Gasteiger partial charge on any atom is -0.495 e. The van der Waals surface area contributed by atoms with E-state index < -0.39 is 25.1 Å². The van der Waals surface area contributed by atoms with Crippen LogP contribution in [0.4, 0.5) is 14.5 Å². The molecule has 0 bridgehead atoms. The average molecular weight is 386 g/mol. The molecule has 2 aromatic carbocycles. The number of halogens is 3. The number of ether oxygens (including phenoxy) is 3. The van der Waals surface area contributed by atoms with Gasteiger partial charge < -0.3 is 19.5 Å². The lowest BCUT2D eigenvalue weighted by Crippen LogP contribution is -2.20. The topological polar surface area (TPSA) is 73.9 Å². The van der Waals surface area contributed by atoms with E-state index in [0.29, 0.717) is 16.5 Å². The van der Waals surface area contributed by atoms with Crippen LogP contribution in [-0.2, 0) is 9.53 Å². The number of alkyl halides is 2. The summed E-state index contributed by atoms with van der Waals surface area (Å²) in [6, 6.07) is 9.54. The molecule has 0 unspecified atom stereocenters. The van der Waals surface area contributed by atoms with Crippen LogP contribution in [0.15, 0.2) is 42.5 Å². The molecule has 0 heterocycles. The van der Waals surface area contributed by atoms with Crippen LogP contribution in [0.2, 0.25) is 5.02 Å². The minimum absolute atomic E-state index is 0.0897. The monoisotopic (exact) mass is 385 g/mol. The van der Waals surface area contributed by atoms with Gasteiger partial charge in [-0.15, -0.1) is 0 Å². The Kier molecular flexibility index (Phi) is 6.74. The zero-order valence-corrected chi connectivity index (χ0v) is 14.3. The van der Waals surface area contributed by atoms with Crippen LogP contribution in [0, 0.1) is 0 Å². The third-order valence-electron chi connectivity index (χ3n) is 3.09. The maximum Gasteiger partial charge on any atom is 0.387 e. The fourth-order valence-corrected chi connectivity index (χ4v) is 2.19. The SMILES string of the molecule is COc1ccc(NC(=O)COC(=O)c2ccc(OC(F)F)cc2)cc1Cl. The van der Waals surface area contributed by atoms with E-state index in [-0.39, 0.29) is 11.3 Å². The third-order valence-corrected chi connectivity index (χ3v) is 3.38. The Morgan fingerprint density at radius 1 is 1.15 bits per heavy atom. The standard InChI is InChI=1S/C17H14ClF2NO5/c1-24-14-7-4-11(8-13(14)18)21-15(22)9-25-16(23)10-2-5-12(6-3-10)26-17(19)20/h2-8,17H,9H2,1H3,(H,21,22). The van der Waals surface area contributed by atoms with Gasteiger partial charge in [0, 0.05) is 5.69 Å². The Morgan fingerprint density at radius 2 is 1.85 bits per heavy atom. The first-order valence-electron chi connectivity index (χ1n) is 7.24. The molecule has 26 heavy (non-hydrogen) atoms. The van der Waals surface area contributed by atoms with E-state index in [1.165, 1.54) is 37.4 Å². The molecule has 0 aliphatic heterocycles. The molecule has 2 aromatic rings. The molecule has 2 rings (SSSR count). The molecular formula is C17H14ClF2NO5. The van der Waals surface area contributed by atoms with Gasteiger partial charge in [-0.2, -0.15) is 8.78 Å². The average Bonchev–Trinajstić information content (AvgIpc) is 2.60. The number of benzene rings is 2. The predicted molar refractivity (Wildman–Crippen MR) is 90.0 cm³/mol. The van der Waals surface area contributed by atoms with Gasteiger partial charge in [0.2, 0.25) is 0 Å². The lowest BCUT2D eigenvalue weighted by Gasteiger charge is -2.09. The van der Waals surface area contributed by atoms with Crippen molar-refractivity contribution in [2.24, 2.45) is 0 Å². The van der Waals surface area contributed by atoms with E-state index in [9.17, 15) is 18.4 Å². The van der Waals surface area contributed by atoms with Crippen LogP contribution in [-0.4, -0.2) is 32.2 Å². The maximum absolute atomic E-state index is 12.1. The zero-order valence-electron chi connectivity index (χ0n) is 13.5. The van der Waals surface area contributed by atoms with Gasteiger partial charge in [-0.05, 0) is 42.5 Å². The summed E-state index contributed by atoms with van der Waals surface area (Å²) in [5.74, 6) is -0.991. The fourth-order valence-electron chi connectivity index (χ4n) is 1.93. The van der Waals surface area contributed by atoms with Crippen molar-refractivity contribution < 1.29 is 32.6 Å². The van der Waals surface area contributed by atoms with Gasteiger partial charge in [0.05, 0.1) is 17.7 Å². The number of hydrogen-bond donors (Lipinski definition) is 1. The second-order valence-corrected chi connectivity index (χ2v) is 5.28. The predicted octanol–water partition coefficient (Wildman–Crippen LogP) is 3.75. The smallest absolute Gasteiger partial charge is 0.387 e. The van der Waals surface area contributed by atoms with Gasteiger partial charge in [-0.25, -0.2) is 4.79 Å². The molecule has 0 saturated heterocycles. The quantitative estimate of drug-likeness (QED) is 0.735. The highest BCUT2D eigenvalue weighted by Gasteiger charge is 2.12. The van der Waals surface area contributed by atoms with Crippen LogP contribution in [0.1, 0.15) is 10.4 Å². The van der Waals surface area contributed by atoms with E-state index in [0.717, 1.165) is 0 Å². The number of carbonyl (C=O) groups excluding carboxylic acids is 2. The Hall–Kier alpha value is -2.87. The first-order chi connectivity index (χ1) is 12.4. The second kappa shape index (κ2) is 9.00. The molecular weight excluding hydrogens is 372 g/mol. The van der Waals surface area contributed by atoms with Crippen molar-refractivity contribution in [3.05, 3.63) is 53.1 Å². The van der Waals surface area contributed by atoms with Crippen LogP contribution >= 0.6 is 11.6 Å². The van der Waals surface area contributed by atoms with Crippen LogP contribution in [0.25, 0.3) is 0 Å². The third kappa shape index (κ3) is 5.59. The highest BCUT2D eigenvalue weighted by Crippen LogP contribution is 2.27. The molecule has 0 saturated carbocycles. The fraction of sp³-hybridized carbons (Fsp3) is 0.176. The summed E-state index contributed by atoms with van der Waals surface area (Å²) in [5.41, 5.74) is 0.497. The number of rotatable bonds is 7. The molecule has 0 fully saturated rings. The Morgan fingerprint density at radius 3 is 2.42 bits per heavy atom. The summed E-state index contributed by atoms with van der Waals surface area (Å²) < 4.78 is 38.2. The molecule has 1 N–H and O–H groups in total. The first kappa shape index (κ1) is 19.5. The zero-order chi connectivity index (χ0) is 19.1. The van der Waals surface area contributed by atoms with E-state index in [4.69, 9.17) is 21.1 Å². The largest absolute Gasteiger partial charge is 0.495 e. The molecule has 0 aliphatic rings. The molecule has 0 aromatic heterocycles. The second-order valence-electron chi connectivity index (χ2n) is 4.88. The summed E-state index contributed by atoms with van der Waals surface area (Å²) in [6.45, 7) is -3.49. The Labute approximate surface area is 152 Å². The van der Waals surface area contributed by atoms with E-state index in [1.54, 1.807) is 12.1 Å². The van der Waals surface area contributed by atoms with E-state index in [1.807, 2.05) is 0 Å². The maximum atomic E-state index is 12.1. The summed E-state index contributed by atoms with van der Waals surface area (Å²) >= 11 is 5.95. The van der Waals surface area contributed by atoms with Crippen molar-refractivity contribution in [2.45, 2.75) is 6.61 Å². The van der Waals surface area contributed by atoms with Crippen LogP contribution in [0.3, 0.4) is 0 Å². The molecule has 6 nitrogen and oxygen atoms in total. The number of nitrogens with one attached hydrogen (secondary N) is 1. The van der Waals surface area contributed by atoms with E-state index >= 15 is 0 Å². The summed E-state index contributed by atoms with van der Waals surface area (Å²) in [4.78, 5) is 23.7. The Bertz CT molecular complexity index is 783. The van der Waals surface area contributed by atoms with Crippen molar-refractivity contribution >= 4 is 29.2 Å². The van der Waals surface area contributed by atoms with Crippen molar-refractivity contribution in [1.82, 2.24) is 0 Å². The van der Waals surface area contributed by atoms with Crippen molar-refractivity contribution in [3.63, 3.8) is 0 Å². The van der Waals surface area contributed by atoms with Gasteiger partial charge in [0.1, 0.15) is 11.5 Å². The molecule has 1 amide bonds. The highest BCUT2D eigenvalue weighted by atomic mass is 35.5. The molecule has 0 aliphatic carbocycles. The van der Waals surface area contributed by atoms with Gasteiger partial charge in [-0.1, -0.05) is 11.6 Å². The number of esters is 1. The first-order valence-corrected chi connectivity index (χ1v) is 7.62. The number of hydrogen-bond acceptors (Lipinski definition) is 5. The molecule has 9 heteroatoms. The summed E-state index contributed by atoms with van der Waals surface area (Å²) in [6.07, 6.45) is 0. The van der Waals surface area contributed by atoms with Crippen LogP contribution in [0.5, 0.6) is 11.5 Å².